The number of hydrogen-bond acceptors (Lipinski definition) is 8. The normalized spacial score (nSPS) is 17.6. The van der Waals surface area contributed by atoms with Crippen molar-refractivity contribution in [1.82, 2.24) is 4.90 Å². The molecule has 2 heterocycles. The number of thioether (sulfide) groups is 1. The van der Waals surface area contributed by atoms with Crippen molar-refractivity contribution in [2.24, 2.45) is 4.99 Å². The zero-order chi connectivity index (χ0) is 28.6. The van der Waals surface area contributed by atoms with E-state index in [0.29, 0.717) is 53.2 Å². The molecule has 0 spiro atoms. The Hall–Kier alpha value is -3.72. The topological polar surface area (TPSA) is 86.7 Å². The maximum Gasteiger partial charge on any atom is 0.342 e. The molecule has 8 nitrogen and oxygen atoms in total. The Kier molecular flexibility index (Phi) is 9.93. The number of ether oxygens (including phenoxy) is 4. The molecule has 1 fully saturated rings. The molecule has 2 aliphatic rings. The molecule has 212 valence electrons. The van der Waals surface area contributed by atoms with E-state index in [2.05, 4.69) is 6.92 Å². The van der Waals surface area contributed by atoms with Crippen LogP contribution in [-0.4, -0.2) is 54.4 Å². The molecule has 1 saturated heterocycles. The first kappa shape index (κ1) is 29.3. The number of carbonyl (C=O) groups is 2. The number of fused-ring (bicyclic) bond motifs is 1. The Bertz CT molecular complexity index is 1330. The van der Waals surface area contributed by atoms with E-state index in [-0.39, 0.29) is 18.1 Å². The second-order valence-electron chi connectivity index (χ2n) is 9.09. The van der Waals surface area contributed by atoms with Crippen molar-refractivity contribution < 1.29 is 28.5 Å². The lowest BCUT2D eigenvalue weighted by Gasteiger charge is -2.30. The summed E-state index contributed by atoms with van der Waals surface area (Å²) in [6.07, 6.45) is 3.91. The van der Waals surface area contributed by atoms with Gasteiger partial charge in [-0.1, -0.05) is 37.2 Å². The molecule has 1 atom stereocenters. The van der Waals surface area contributed by atoms with Gasteiger partial charge in [-0.05, 0) is 76.1 Å². The van der Waals surface area contributed by atoms with Crippen molar-refractivity contribution in [3.63, 3.8) is 0 Å². The number of unbranched alkanes of at least 4 members (excludes halogenated alkanes) is 1. The average molecular weight is 565 g/mol. The lowest BCUT2D eigenvalue weighted by Crippen LogP contribution is -2.37. The van der Waals surface area contributed by atoms with E-state index >= 15 is 0 Å². The molecule has 9 heteroatoms. The highest BCUT2D eigenvalue weighted by Gasteiger charge is 2.44. The van der Waals surface area contributed by atoms with Gasteiger partial charge in [-0.3, -0.25) is 14.7 Å². The van der Waals surface area contributed by atoms with Gasteiger partial charge in [0.2, 0.25) is 0 Å². The minimum atomic E-state index is -0.550. The van der Waals surface area contributed by atoms with E-state index in [1.54, 1.807) is 30.9 Å². The molecule has 0 bridgehead atoms. The fourth-order valence-corrected chi connectivity index (χ4v) is 5.57. The molecule has 40 heavy (non-hydrogen) atoms. The van der Waals surface area contributed by atoms with E-state index in [1.807, 2.05) is 50.3 Å². The Morgan fingerprint density at radius 2 is 1.70 bits per heavy atom. The number of esters is 1. The summed E-state index contributed by atoms with van der Waals surface area (Å²) in [5, 5.41) is 0. The first-order valence-corrected chi connectivity index (χ1v) is 14.6. The van der Waals surface area contributed by atoms with Crippen molar-refractivity contribution in [3.05, 3.63) is 64.1 Å². The second kappa shape index (κ2) is 13.6. The van der Waals surface area contributed by atoms with E-state index in [0.717, 1.165) is 24.2 Å². The first-order chi connectivity index (χ1) is 19.4. The number of rotatable bonds is 12. The maximum atomic E-state index is 13.9. The molecule has 2 aromatic rings. The third-order valence-electron chi connectivity index (χ3n) is 6.27. The molecule has 0 radical (unpaired) electrons. The Morgan fingerprint density at radius 1 is 0.975 bits per heavy atom. The number of benzene rings is 2. The molecule has 4 rings (SSSR count). The monoisotopic (exact) mass is 564 g/mol. The van der Waals surface area contributed by atoms with Crippen molar-refractivity contribution >= 4 is 41.1 Å². The van der Waals surface area contributed by atoms with Crippen LogP contribution in [0.2, 0.25) is 0 Å². The highest BCUT2D eigenvalue weighted by atomic mass is 32.2. The number of nitrogens with zero attached hydrogens (tertiary/aromatic N) is 2. The molecular weight excluding hydrogens is 528 g/mol. The van der Waals surface area contributed by atoms with Gasteiger partial charge in [0, 0.05) is 5.56 Å². The van der Waals surface area contributed by atoms with Crippen LogP contribution in [0.5, 0.6) is 17.2 Å². The summed E-state index contributed by atoms with van der Waals surface area (Å²) in [6, 6.07) is 13.1. The van der Waals surface area contributed by atoms with Gasteiger partial charge in [-0.2, -0.15) is 0 Å². The van der Waals surface area contributed by atoms with Gasteiger partial charge in [-0.25, -0.2) is 4.79 Å². The Balaban J connectivity index is 1.74. The summed E-state index contributed by atoms with van der Waals surface area (Å²) >= 11 is 1.35. The van der Waals surface area contributed by atoms with Crippen molar-refractivity contribution in [2.75, 3.05) is 26.4 Å². The number of hydrogen-bond donors (Lipinski definition) is 0. The third-order valence-corrected chi connectivity index (χ3v) is 7.34. The lowest BCUT2D eigenvalue weighted by molar-refractivity contribution is -0.137. The molecule has 0 aliphatic carbocycles. The predicted octanol–water partition coefficient (Wildman–Crippen LogP) is 6.31. The quantitative estimate of drug-likeness (QED) is 0.170. The smallest absolute Gasteiger partial charge is 0.342 e. The van der Waals surface area contributed by atoms with Crippen LogP contribution < -0.4 is 14.2 Å². The van der Waals surface area contributed by atoms with Crippen LogP contribution >= 0.6 is 11.8 Å². The number of carbonyl (C=O) groups excluding carboxylic acids is 2. The highest BCUT2D eigenvalue weighted by molar-refractivity contribution is 8.05. The molecule has 0 N–H and O–H groups in total. The molecule has 1 amide bonds. The van der Waals surface area contributed by atoms with Crippen LogP contribution in [0.1, 0.15) is 58.6 Å². The van der Waals surface area contributed by atoms with Crippen LogP contribution in [0.15, 0.2) is 57.9 Å². The molecule has 2 aromatic carbocycles. The zero-order valence-corrected chi connectivity index (χ0v) is 24.5. The molecule has 0 aromatic heterocycles. The van der Waals surface area contributed by atoms with Crippen molar-refractivity contribution in [1.29, 1.82) is 0 Å². The molecule has 0 unspecified atom stereocenters. The molecule has 0 saturated carbocycles. The summed E-state index contributed by atoms with van der Waals surface area (Å²) in [5.41, 5.74) is 2.17. The van der Waals surface area contributed by atoms with Gasteiger partial charge in [0.25, 0.3) is 5.91 Å². The minimum absolute atomic E-state index is 0.200. The van der Waals surface area contributed by atoms with Crippen LogP contribution in [0.4, 0.5) is 0 Å². The number of amides is 1. The Labute approximate surface area is 240 Å². The summed E-state index contributed by atoms with van der Waals surface area (Å²) in [4.78, 5) is 33.9. The van der Waals surface area contributed by atoms with Crippen LogP contribution in [0.3, 0.4) is 0 Å². The SMILES string of the molecule is CCCCOc1ccc(/C=C2\S[C@H]3N=C(C)C(C(=O)OCC)=C(c4ccc(OCC)c(OCC)c4)N3C2=O)cc1. The standard InChI is InChI=1S/C31H36N2O6S/c1-6-10-17-39-23-14-11-21(12-15-23)18-26-29(34)33-28(22-13-16-24(36-7-2)25(19-22)37-8-3)27(30(35)38-9-4)20(5)32-31(33)40-26/h11-16,18-19,31H,6-10,17H2,1-5H3/b26-18-/t31-/m0/s1. The summed E-state index contributed by atoms with van der Waals surface area (Å²) in [5.74, 6) is 1.15. The summed E-state index contributed by atoms with van der Waals surface area (Å²) in [7, 11) is 0. The van der Waals surface area contributed by atoms with Gasteiger partial charge in [0.15, 0.2) is 17.0 Å². The predicted molar refractivity (Wildman–Crippen MR) is 158 cm³/mol. The van der Waals surface area contributed by atoms with Crippen molar-refractivity contribution in [2.45, 2.75) is 53.0 Å². The highest BCUT2D eigenvalue weighted by Crippen LogP contribution is 2.46. The molecular formula is C31H36N2O6S. The van der Waals surface area contributed by atoms with E-state index in [9.17, 15) is 9.59 Å². The van der Waals surface area contributed by atoms with Gasteiger partial charge in [0.1, 0.15) is 11.3 Å². The van der Waals surface area contributed by atoms with Gasteiger partial charge in [0.05, 0.1) is 42.7 Å². The lowest BCUT2D eigenvalue weighted by atomic mass is 9.99. The van der Waals surface area contributed by atoms with E-state index in [4.69, 9.17) is 23.9 Å². The van der Waals surface area contributed by atoms with E-state index < -0.39 is 11.5 Å². The molecule has 2 aliphatic heterocycles. The second-order valence-corrected chi connectivity index (χ2v) is 10.2. The van der Waals surface area contributed by atoms with Crippen molar-refractivity contribution in [3.8, 4) is 17.2 Å². The van der Waals surface area contributed by atoms with E-state index in [1.165, 1.54) is 11.8 Å². The maximum absolute atomic E-state index is 13.9. The van der Waals surface area contributed by atoms with Gasteiger partial charge in [-0.15, -0.1) is 0 Å². The van der Waals surface area contributed by atoms with Crippen LogP contribution in [0.25, 0.3) is 11.8 Å². The van der Waals surface area contributed by atoms with Gasteiger partial charge >= 0.3 is 5.97 Å². The summed E-state index contributed by atoms with van der Waals surface area (Å²) < 4.78 is 22.7. The fourth-order valence-electron chi connectivity index (χ4n) is 4.43. The largest absolute Gasteiger partial charge is 0.494 e. The Morgan fingerprint density at radius 3 is 2.38 bits per heavy atom. The van der Waals surface area contributed by atoms with Crippen LogP contribution in [-0.2, 0) is 14.3 Å². The first-order valence-electron chi connectivity index (χ1n) is 13.7. The third kappa shape index (κ3) is 6.36. The zero-order valence-electron chi connectivity index (χ0n) is 23.7. The van der Waals surface area contributed by atoms with Crippen LogP contribution in [0, 0.1) is 0 Å². The van der Waals surface area contributed by atoms with Gasteiger partial charge < -0.3 is 18.9 Å². The minimum Gasteiger partial charge on any atom is -0.494 e. The average Bonchev–Trinajstić information content (AvgIpc) is 3.24. The summed E-state index contributed by atoms with van der Waals surface area (Å²) in [6.45, 7) is 11.2. The fraction of sp³-hybridized carbons (Fsp3) is 0.387. The number of aliphatic imine (C=N–C) groups is 1.